The number of methoxy groups -OCH3 is 1. The van der Waals surface area contributed by atoms with Crippen LogP contribution in [0.4, 0.5) is 0 Å². The molecule has 0 aromatic heterocycles. The maximum Gasteiger partial charge on any atom is 0.120 e. The van der Waals surface area contributed by atoms with Gasteiger partial charge in [0.15, 0.2) is 0 Å². The van der Waals surface area contributed by atoms with Gasteiger partial charge in [-0.2, -0.15) is 0 Å². The van der Waals surface area contributed by atoms with E-state index >= 15 is 0 Å². The number of benzene rings is 1. The van der Waals surface area contributed by atoms with E-state index < -0.39 is 10.8 Å². The minimum absolute atomic E-state index is 0.167. The van der Waals surface area contributed by atoms with Gasteiger partial charge < -0.3 is 10.1 Å². The van der Waals surface area contributed by atoms with Crippen LogP contribution in [0, 0.1) is 5.41 Å². The van der Waals surface area contributed by atoms with E-state index in [1.54, 1.807) is 7.11 Å². The quantitative estimate of drug-likeness (QED) is 0.906. The van der Waals surface area contributed by atoms with Crippen LogP contribution < -0.4 is 10.1 Å². The third-order valence-corrected chi connectivity index (χ3v) is 6.27. The van der Waals surface area contributed by atoms with E-state index in [2.05, 4.69) is 26.1 Å². The van der Waals surface area contributed by atoms with Crippen molar-refractivity contribution < 1.29 is 8.95 Å². The minimum atomic E-state index is -1.00. The Morgan fingerprint density at radius 1 is 1.43 bits per heavy atom. The predicted octanol–water partition coefficient (Wildman–Crippen LogP) is 3.36. The first-order valence-electron chi connectivity index (χ1n) is 7.77. The van der Waals surface area contributed by atoms with E-state index in [1.807, 2.05) is 24.3 Å². The van der Waals surface area contributed by atoms with Crippen LogP contribution in [-0.4, -0.2) is 29.2 Å². The van der Waals surface area contributed by atoms with Gasteiger partial charge in [-0.15, -0.1) is 0 Å². The Kier molecular flexibility index (Phi) is 5.44. The summed E-state index contributed by atoms with van der Waals surface area (Å²) in [4.78, 5) is 0.875. The summed E-state index contributed by atoms with van der Waals surface area (Å²) in [6, 6.07) is 7.96. The van der Waals surface area contributed by atoms with Crippen LogP contribution in [0.1, 0.15) is 40.0 Å². The molecule has 0 saturated heterocycles. The first-order valence-corrected chi connectivity index (χ1v) is 8.99. The molecule has 1 fully saturated rings. The van der Waals surface area contributed by atoms with Crippen molar-refractivity contribution in [1.82, 2.24) is 5.32 Å². The fourth-order valence-electron chi connectivity index (χ4n) is 3.34. The van der Waals surface area contributed by atoms with Crippen LogP contribution in [0.5, 0.6) is 5.75 Å². The molecule has 1 saturated carbocycles. The molecule has 0 bridgehead atoms. The largest absolute Gasteiger partial charge is 0.497 e. The summed E-state index contributed by atoms with van der Waals surface area (Å²) >= 11 is 0. The topological polar surface area (TPSA) is 38.3 Å². The maximum absolute atomic E-state index is 13.1. The second kappa shape index (κ2) is 6.93. The molecule has 1 N–H and O–H groups in total. The summed E-state index contributed by atoms with van der Waals surface area (Å²) in [6.07, 6.45) is 3.36. The zero-order valence-corrected chi connectivity index (χ0v) is 14.3. The van der Waals surface area contributed by atoms with E-state index in [0.29, 0.717) is 6.04 Å². The van der Waals surface area contributed by atoms with Gasteiger partial charge in [-0.1, -0.05) is 33.3 Å². The number of nitrogens with one attached hydrogen (secondary N) is 1. The normalized spacial score (nSPS) is 26.3. The smallest absolute Gasteiger partial charge is 0.120 e. The minimum Gasteiger partial charge on any atom is -0.497 e. The molecule has 3 nitrogen and oxygen atoms in total. The van der Waals surface area contributed by atoms with Crippen molar-refractivity contribution in [2.75, 3.05) is 13.7 Å². The van der Waals surface area contributed by atoms with E-state index in [4.69, 9.17) is 4.74 Å². The van der Waals surface area contributed by atoms with E-state index in [-0.39, 0.29) is 10.7 Å². The van der Waals surface area contributed by atoms with Gasteiger partial charge in [0.05, 0.1) is 23.2 Å². The first kappa shape index (κ1) is 16.5. The molecule has 1 aliphatic carbocycles. The van der Waals surface area contributed by atoms with Gasteiger partial charge in [-0.25, -0.2) is 0 Å². The molecule has 118 valence electrons. The first-order chi connectivity index (χ1) is 9.99. The molecular formula is C17H27NO2S. The van der Waals surface area contributed by atoms with Gasteiger partial charge in [0, 0.05) is 10.9 Å². The van der Waals surface area contributed by atoms with Crippen molar-refractivity contribution in [3.8, 4) is 5.75 Å². The van der Waals surface area contributed by atoms with Crippen molar-refractivity contribution in [3.05, 3.63) is 24.3 Å². The summed E-state index contributed by atoms with van der Waals surface area (Å²) in [5.41, 5.74) is 0.188. The van der Waals surface area contributed by atoms with Gasteiger partial charge in [-0.3, -0.25) is 4.21 Å². The van der Waals surface area contributed by atoms with Crippen LogP contribution in [-0.2, 0) is 10.8 Å². The Labute approximate surface area is 130 Å². The third-order valence-electron chi connectivity index (χ3n) is 4.50. The molecule has 21 heavy (non-hydrogen) atoms. The summed E-state index contributed by atoms with van der Waals surface area (Å²) in [7, 11) is 0.644. The molecule has 0 heterocycles. The Balaban J connectivity index is 2.26. The molecule has 3 atom stereocenters. The van der Waals surface area contributed by atoms with Crippen LogP contribution in [0.25, 0.3) is 0 Å². The number of rotatable bonds is 5. The van der Waals surface area contributed by atoms with Crippen molar-refractivity contribution >= 4 is 10.8 Å². The second-order valence-electron chi connectivity index (χ2n) is 6.43. The Morgan fingerprint density at radius 3 is 2.86 bits per heavy atom. The van der Waals surface area contributed by atoms with Gasteiger partial charge in [-0.05, 0) is 43.0 Å². The Bertz CT molecular complexity index is 501. The second-order valence-corrected chi connectivity index (χ2v) is 8.10. The molecule has 0 aliphatic heterocycles. The fraction of sp³-hybridized carbons (Fsp3) is 0.647. The number of ether oxygens (including phenoxy) is 1. The van der Waals surface area contributed by atoms with Crippen LogP contribution in [0.15, 0.2) is 29.2 Å². The van der Waals surface area contributed by atoms with Crippen molar-refractivity contribution in [1.29, 1.82) is 0 Å². The van der Waals surface area contributed by atoms with Gasteiger partial charge >= 0.3 is 0 Å². The average Bonchev–Trinajstić information content (AvgIpc) is 2.48. The fourth-order valence-corrected chi connectivity index (χ4v) is 5.23. The van der Waals surface area contributed by atoms with Gasteiger partial charge in [0.25, 0.3) is 0 Å². The molecule has 2 rings (SSSR count). The molecule has 0 spiro atoms. The molecule has 0 radical (unpaired) electrons. The van der Waals surface area contributed by atoms with Crippen LogP contribution in [0.2, 0.25) is 0 Å². The molecule has 1 aromatic rings. The molecule has 1 aromatic carbocycles. The number of hydrogen-bond acceptors (Lipinski definition) is 3. The molecule has 3 unspecified atom stereocenters. The summed E-state index contributed by atoms with van der Waals surface area (Å²) in [5, 5.41) is 3.75. The van der Waals surface area contributed by atoms with Gasteiger partial charge in [0.2, 0.25) is 0 Å². The third kappa shape index (κ3) is 3.67. The summed E-state index contributed by atoms with van der Waals surface area (Å²) < 4.78 is 18.3. The zero-order valence-electron chi connectivity index (χ0n) is 13.5. The van der Waals surface area contributed by atoms with Crippen LogP contribution >= 0.6 is 0 Å². The molecular weight excluding hydrogens is 282 g/mol. The summed E-state index contributed by atoms with van der Waals surface area (Å²) in [6.45, 7) is 7.61. The SMILES string of the molecule is CCNC1C(S(=O)c2cccc(OC)c2)CCCC1(C)C. The average molecular weight is 309 g/mol. The predicted molar refractivity (Wildman–Crippen MR) is 88.3 cm³/mol. The van der Waals surface area contributed by atoms with E-state index in [9.17, 15) is 4.21 Å². The standard InChI is InChI=1S/C17H27NO2S/c1-5-18-16-15(10-7-11-17(16,2)3)21(19)14-9-6-8-13(12-14)20-4/h6,8-9,12,15-16,18H,5,7,10-11H2,1-4H3. The lowest BCUT2D eigenvalue weighted by atomic mass is 9.73. The lowest BCUT2D eigenvalue weighted by Gasteiger charge is -2.44. The highest BCUT2D eigenvalue weighted by Crippen LogP contribution is 2.39. The lowest BCUT2D eigenvalue weighted by Crippen LogP contribution is -2.53. The van der Waals surface area contributed by atoms with Crippen molar-refractivity contribution in [2.45, 2.75) is 56.2 Å². The van der Waals surface area contributed by atoms with Crippen molar-refractivity contribution in [2.24, 2.45) is 5.41 Å². The zero-order chi connectivity index (χ0) is 15.5. The molecule has 0 amide bonds. The highest BCUT2D eigenvalue weighted by atomic mass is 32.2. The molecule has 1 aliphatic rings. The Hall–Kier alpha value is -0.870. The van der Waals surface area contributed by atoms with Crippen molar-refractivity contribution in [3.63, 3.8) is 0 Å². The highest BCUT2D eigenvalue weighted by Gasteiger charge is 2.41. The van der Waals surface area contributed by atoms with Gasteiger partial charge in [0.1, 0.15) is 5.75 Å². The maximum atomic E-state index is 13.1. The molecule has 4 heteroatoms. The number of hydrogen-bond donors (Lipinski definition) is 1. The van der Waals surface area contributed by atoms with Crippen LogP contribution in [0.3, 0.4) is 0 Å². The Morgan fingerprint density at radius 2 is 2.19 bits per heavy atom. The highest BCUT2D eigenvalue weighted by molar-refractivity contribution is 7.85. The lowest BCUT2D eigenvalue weighted by molar-refractivity contribution is 0.174. The monoisotopic (exact) mass is 309 g/mol. The van der Waals surface area contributed by atoms with E-state index in [0.717, 1.165) is 30.0 Å². The summed E-state index contributed by atoms with van der Waals surface area (Å²) in [5.74, 6) is 0.774. The van der Waals surface area contributed by atoms with E-state index in [1.165, 1.54) is 6.42 Å².